The first-order valence-electron chi connectivity index (χ1n) is 8.78. The van der Waals surface area contributed by atoms with Gasteiger partial charge in [0.2, 0.25) is 0 Å². The van der Waals surface area contributed by atoms with Crippen molar-refractivity contribution in [3.63, 3.8) is 0 Å². The van der Waals surface area contributed by atoms with Crippen molar-refractivity contribution in [1.29, 1.82) is 0 Å². The van der Waals surface area contributed by atoms with Gasteiger partial charge < -0.3 is 5.32 Å². The summed E-state index contributed by atoms with van der Waals surface area (Å²) in [5.41, 5.74) is 5.43. The molecule has 1 N–H and O–H groups in total. The Balaban J connectivity index is 1.67. The molecule has 3 nitrogen and oxygen atoms in total. The number of aryl methyl sites for hydroxylation is 2. The molecule has 1 heterocycles. The Labute approximate surface area is 144 Å². The molecule has 126 valence electrons. The summed E-state index contributed by atoms with van der Waals surface area (Å²) in [4.78, 5) is 15.0. The van der Waals surface area contributed by atoms with E-state index < -0.39 is 0 Å². The lowest BCUT2D eigenvalue weighted by Crippen LogP contribution is -2.25. The maximum Gasteiger partial charge on any atom is 0.251 e. The molecule has 3 heteroatoms. The van der Waals surface area contributed by atoms with Crippen molar-refractivity contribution in [2.24, 2.45) is 0 Å². The second kappa shape index (κ2) is 7.63. The molecule has 24 heavy (non-hydrogen) atoms. The van der Waals surface area contributed by atoms with Gasteiger partial charge in [-0.2, -0.15) is 0 Å². The van der Waals surface area contributed by atoms with Crippen LogP contribution in [0.2, 0.25) is 0 Å². The van der Waals surface area contributed by atoms with Crippen molar-refractivity contribution < 1.29 is 4.79 Å². The van der Waals surface area contributed by atoms with Gasteiger partial charge in [-0.05, 0) is 62.5 Å². The third-order valence-corrected chi connectivity index (χ3v) is 4.79. The first-order valence-corrected chi connectivity index (χ1v) is 8.78. The van der Waals surface area contributed by atoms with E-state index in [-0.39, 0.29) is 5.91 Å². The van der Waals surface area contributed by atoms with E-state index in [0.29, 0.717) is 6.54 Å². The molecule has 2 aromatic carbocycles. The second-order valence-electron chi connectivity index (χ2n) is 6.75. The molecule has 0 aromatic heterocycles. The molecule has 0 radical (unpaired) electrons. The van der Waals surface area contributed by atoms with Crippen molar-refractivity contribution in [1.82, 2.24) is 10.2 Å². The molecule has 2 aromatic rings. The lowest BCUT2D eigenvalue weighted by atomic mass is 10.0. The maximum absolute atomic E-state index is 12.5. The molecule has 0 saturated carbocycles. The van der Waals surface area contributed by atoms with E-state index in [4.69, 9.17) is 0 Å². The molecule has 0 atom stereocenters. The molecular weight excluding hydrogens is 296 g/mol. The summed E-state index contributed by atoms with van der Waals surface area (Å²) >= 11 is 0. The predicted octanol–water partition coefficient (Wildman–Crippen LogP) is 3.83. The van der Waals surface area contributed by atoms with Gasteiger partial charge in [-0.25, -0.2) is 0 Å². The van der Waals surface area contributed by atoms with E-state index >= 15 is 0 Å². The smallest absolute Gasteiger partial charge is 0.251 e. The molecule has 0 aliphatic carbocycles. The monoisotopic (exact) mass is 322 g/mol. The summed E-state index contributed by atoms with van der Waals surface area (Å²) in [6.45, 7) is 7.93. The normalized spacial score (nSPS) is 14.8. The van der Waals surface area contributed by atoms with Crippen molar-refractivity contribution >= 4 is 5.91 Å². The van der Waals surface area contributed by atoms with Crippen LogP contribution in [0.4, 0.5) is 0 Å². The fourth-order valence-electron chi connectivity index (χ4n) is 3.32. The van der Waals surface area contributed by atoms with Crippen LogP contribution in [0.25, 0.3) is 0 Å². The Bertz CT molecular complexity index is 718. The zero-order chi connectivity index (χ0) is 16.9. The standard InChI is InChI=1S/C21H26N2O/c1-16-9-10-17(2)20(13-16)21(24)22-14-18-7-3-4-8-19(18)15-23-11-5-6-12-23/h3-4,7-10,13H,5-6,11-12,14-15H2,1-2H3,(H,22,24). The highest BCUT2D eigenvalue weighted by Crippen LogP contribution is 2.17. The van der Waals surface area contributed by atoms with E-state index in [1.54, 1.807) is 0 Å². The largest absolute Gasteiger partial charge is 0.348 e. The molecule has 0 unspecified atom stereocenters. The van der Waals surface area contributed by atoms with Gasteiger partial charge in [0.05, 0.1) is 0 Å². The van der Waals surface area contributed by atoms with E-state index in [1.807, 2.05) is 38.1 Å². The highest BCUT2D eigenvalue weighted by Gasteiger charge is 2.14. The van der Waals surface area contributed by atoms with E-state index in [1.165, 1.54) is 37.1 Å². The fraction of sp³-hybridized carbons (Fsp3) is 0.381. The highest BCUT2D eigenvalue weighted by atomic mass is 16.1. The minimum Gasteiger partial charge on any atom is -0.348 e. The van der Waals surface area contributed by atoms with Crippen LogP contribution in [0.3, 0.4) is 0 Å². The maximum atomic E-state index is 12.5. The fourth-order valence-corrected chi connectivity index (χ4v) is 3.32. The summed E-state index contributed by atoms with van der Waals surface area (Å²) in [6.07, 6.45) is 2.59. The van der Waals surface area contributed by atoms with Crippen molar-refractivity contribution in [2.75, 3.05) is 13.1 Å². The zero-order valence-electron chi connectivity index (χ0n) is 14.6. The van der Waals surface area contributed by atoms with Gasteiger partial charge in [0, 0.05) is 18.7 Å². The lowest BCUT2D eigenvalue weighted by molar-refractivity contribution is 0.0950. The zero-order valence-corrected chi connectivity index (χ0v) is 14.6. The van der Waals surface area contributed by atoms with Crippen molar-refractivity contribution in [3.8, 4) is 0 Å². The molecule has 1 amide bonds. The van der Waals surface area contributed by atoms with Crippen LogP contribution in [-0.2, 0) is 13.1 Å². The van der Waals surface area contributed by atoms with Crippen LogP contribution in [0.15, 0.2) is 42.5 Å². The van der Waals surface area contributed by atoms with Crippen LogP contribution < -0.4 is 5.32 Å². The molecule has 1 saturated heterocycles. The van der Waals surface area contributed by atoms with E-state index in [0.717, 1.165) is 23.2 Å². The number of likely N-dealkylation sites (tertiary alicyclic amines) is 1. The number of hydrogen-bond donors (Lipinski definition) is 1. The average molecular weight is 322 g/mol. The van der Waals surface area contributed by atoms with Gasteiger partial charge in [-0.3, -0.25) is 9.69 Å². The number of hydrogen-bond acceptors (Lipinski definition) is 2. The number of nitrogens with one attached hydrogen (secondary N) is 1. The summed E-state index contributed by atoms with van der Waals surface area (Å²) in [7, 11) is 0. The number of carbonyl (C=O) groups is 1. The summed E-state index contributed by atoms with van der Waals surface area (Å²) in [5.74, 6) is 0.00664. The number of benzene rings is 2. The van der Waals surface area contributed by atoms with Crippen LogP contribution in [0.5, 0.6) is 0 Å². The van der Waals surface area contributed by atoms with Gasteiger partial charge in [0.25, 0.3) is 5.91 Å². The first-order chi connectivity index (χ1) is 11.6. The molecule has 1 aliphatic rings. The average Bonchev–Trinajstić information content (AvgIpc) is 3.09. The summed E-state index contributed by atoms with van der Waals surface area (Å²) < 4.78 is 0. The Morgan fingerprint density at radius 1 is 1.04 bits per heavy atom. The lowest BCUT2D eigenvalue weighted by Gasteiger charge is -2.18. The number of amides is 1. The second-order valence-corrected chi connectivity index (χ2v) is 6.75. The first kappa shape index (κ1) is 16.7. The van der Waals surface area contributed by atoms with Gasteiger partial charge >= 0.3 is 0 Å². The topological polar surface area (TPSA) is 32.3 Å². The number of carbonyl (C=O) groups excluding carboxylic acids is 1. The van der Waals surface area contributed by atoms with Gasteiger partial charge in [0.1, 0.15) is 0 Å². The van der Waals surface area contributed by atoms with E-state index in [9.17, 15) is 4.79 Å². The van der Waals surface area contributed by atoms with Crippen molar-refractivity contribution in [2.45, 2.75) is 39.8 Å². The Kier molecular flexibility index (Phi) is 5.31. The molecule has 1 aliphatic heterocycles. The summed E-state index contributed by atoms with van der Waals surface area (Å²) in [6, 6.07) is 14.4. The van der Waals surface area contributed by atoms with Gasteiger partial charge in [-0.1, -0.05) is 42.0 Å². The molecule has 0 spiro atoms. The van der Waals surface area contributed by atoms with Crippen LogP contribution in [0, 0.1) is 13.8 Å². The van der Waals surface area contributed by atoms with Gasteiger partial charge in [-0.15, -0.1) is 0 Å². The van der Waals surface area contributed by atoms with E-state index in [2.05, 4.69) is 28.4 Å². The van der Waals surface area contributed by atoms with Gasteiger partial charge in [0.15, 0.2) is 0 Å². The van der Waals surface area contributed by atoms with Crippen molar-refractivity contribution in [3.05, 3.63) is 70.3 Å². The molecular formula is C21H26N2O. The van der Waals surface area contributed by atoms with Crippen LogP contribution in [0.1, 0.15) is 45.5 Å². The quantitative estimate of drug-likeness (QED) is 0.907. The minimum atomic E-state index is 0.00664. The predicted molar refractivity (Wildman–Crippen MR) is 98.0 cm³/mol. The highest BCUT2D eigenvalue weighted by molar-refractivity contribution is 5.95. The number of rotatable bonds is 5. The third kappa shape index (κ3) is 4.04. The van der Waals surface area contributed by atoms with Crippen LogP contribution >= 0.6 is 0 Å². The molecule has 0 bridgehead atoms. The minimum absolute atomic E-state index is 0.00664. The SMILES string of the molecule is Cc1ccc(C)c(C(=O)NCc2ccccc2CN2CCCC2)c1. The third-order valence-electron chi connectivity index (χ3n) is 4.79. The Hall–Kier alpha value is -2.13. The Morgan fingerprint density at radius 2 is 1.75 bits per heavy atom. The number of nitrogens with zero attached hydrogens (tertiary/aromatic N) is 1. The van der Waals surface area contributed by atoms with Crippen LogP contribution in [-0.4, -0.2) is 23.9 Å². The molecule has 3 rings (SSSR count). The molecule has 1 fully saturated rings. The summed E-state index contributed by atoms with van der Waals surface area (Å²) in [5, 5.41) is 3.09. The Morgan fingerprint density at radius 3 is 2.50 bits per heavy atom.